The minimum atomic E-state index is -0.972. The third kappa shape index (κ3) is 6.42. The molecule has 210 valence electrons. The summed E-state index contributed by atoms with van der Waals surface area (Å²) in [5.74, 6) is 0.877. The summed E-state index contributed by atoms with van der Waals surface area (Å²) in [4.78, 5) is 29.8. The van der Waals surface area contributed by atoms with Crippen molar-refractivity contribution in [2.24, 2.45) is 5.92 Å². The van der Waals surface area contributed by atoms with Gasteiger partial charge in [0.15, 0.2) is 11.5 Å². The molecule has 0 bridgehead atoms. The van der Waals surface area contributed by atoms with Gasteiger partial charge in [0, 0.05) is 12.2 Å². The number of carbonyl (C=O) groups excluding carboxylic acids is 2. The van der Waals surface area contributed by atoms with Crippen molar-refractivity contribution in [1.29, 1.82) is 0 Å². The molecule has 2 amide bonds. The van der Waals surface area contributed by atoms with Gasteiger partial charge in [-0.15, -0.1) is 5.10 Å². The monoisotopic (exact) mass is 543 g/mol. The number of methoxy groups -OCH3 is 1. The Morgan fingerprint density at radius 3 is 2.50 bits per heavy atom. The number of aryl methyl sites for hydroxylation is 1. The Hall–Kier alpha value is -4.40. The van der Waals surface area contributed by atoms with Crippen LogP contribution in [0.2, 0.25) is 0 Å². The van der Waals surface area contributed by atoms with Gasteiger partial charge in [-0.2, -0.15) is 0 Å². The minimum absolute atomic E-state index is 0.0984. The molecule has 0 aliphatic carbocycles. The Morgan fingerprint density at radius 2 is 1.77 bits per heavy atom. The van der Waals surface area contributed by atoms with Gasteiger partial charge in [-0.3, -0.25) is 14.5 Å². The van der Waals surface area contributed by atoms with Crippen LogP contribution >= 0.6 is 0 Å². The summed E-state index contributed by atoms with van der Waals surface area (Å²) in [7, 11) is 1.55. The maximum absolute atomic E-state index is 14.2. The van der Waals surface area contributed by atoms with Gasteiger partial charge in [0.1, 0.15) is 18.1 Å². The molecule has 0 aliphatic rings. The average molecular weight is 544 g/mol. The molecule has 0 aliphatic heterocycles. The lowest BCUT2D eigenvalue weighted by atomic mass is 10.0. The molecule has 9 nitrogen and oxygen atoms in total. The summed E-state index contributed by atoms with van der Waals surface area (Å²) in [6, 6.07) is 19.4. The fourth-order valence-electron chi connectivity index (χ4n) is 4.62. The average Bonchev–Trinajstić information content (AvgIpc) is 3.35. The number of nitrogens with one attached hydrogen (secondary N) is 1. The zero-order valence-electron chi connectivity index (χ0n) is 23.8. The number of para-hydroxylation sites is 2. The Bertz CT molecular complexity index is 1470. The summed E-state index contributed by atoms with van der Waals surface area (Å²) in [5, 5.41) is 11.5. The number of rotatable bonds is 12. The van der Waals surface area contributed by atoms with Crippen molar-refractivity contribution in [3.63, 3.8) is 0 Å². The Morgan fingerprint density at radius 1 is 1.02 bits per heavy atom. The molecule has 3 aromatic carbocycles. The molecule has 1 aromatic heterocycles. The van der Waals surface area contributed by atoms with Crippen LogP contribution in [-0.2, 0) is 16.1 Å². The minimum Gasteiger partial charge on any atom is -0.493 e. The second-order valence-electron chi connectivity index (χ2n) is 10.0. The van der Waals surface area contributed by atoms with Crippen LogP contribution in [0.15, 0.2) is 66.7 Å². The van der Waals surface area contributed by atoms with Crippen LogP contribution in [0.4, 0.5) is 5.69 Å². The molecule has 0 radical (unpaired) electrons. The van der Waals surface area contributed by atoms with E-state index in [1.807, 2.05) is 68.4 Å². The highest BCUT2D eigenvalue weighted by atomic mass is 16.5. The topological polar surface area (TPSA) is 98.6 Å². The zero-order valence-corrected chi connectivity index (χ0v) is 23.8. The van der Waals surface area contributed by atoms with E-state index < -0.39 is 6.04 Å². The van der Waals surface area contributed by atoms with Gasteiger partial charge in [-0.25, -0.2) is 4.68 Å². The highest BCUT2D eigenvalue weighted by Crippen LogP contribution is 2.36. The van der Waals surface area contributed by atoms with Crippen molar-refractivity contribution in [1.82, 2.24) is 20.3 Å². The van der Waals surface area contributed by atoms with Crippen molar-refractivity contribution in [3.8, 4) is 11.5 Å². The van der Waals surface area contributed by atoms with Crippen LogP contribution < -0.4 is 19.7 Å². The molecule has 0 fully saturated rings. The lowest BCUT2D eigenvalue weighted by molar-refractivity contribution is -0.127. The molecule has 1 atom stereocenters. The quantitative estimate of drug-likeness (QED) is 0.268. The number of hydrogen-bond donors (Lipinski definition) is 1. The first-order chi connectivity index (χ1) is 19.3. The first-order valence-corrected chi connectivity index (χ1v) is 13.6. The van der Waals surface area contributed by atoms with Crippen molar-refractivity contribution >= 4 is 28.5 Å². The summed E-state index contributed by atoms with van der Waals surface area (Å²) in [6.07, 6.45) is 0.814. The summed E-state index contributed by atoms with van der Waals surface area (Å²) in [6.45, 7) is 8.88. The third-order valence-corrected chi connectivity index (χ3v) is 6.68. The summed E-state index contributed by atoms with van der Waals surface area (Å²) >= 11 is 0. The van der Waals surface area contributed by atoms with E-state index in [0.717, 1.165) is 17.5 Å². The van der Waals surface area contributed by atoms with Gasteiger partial charge in [0.05, 0.1) is 19.2 Å². The van der Waals surface area contributed by atoms with Crippen molar-refractivity contribution in [2.45, 2.75) is 46.7 Å². The molecule has 0 saturated heterocycles. The fraction of sp³-hybridized carbons (Fsp3) is 0.355. The second-order valence-corrected chi connectivity index (χ2v) is 10.0. The number of hydrogen-bond acceptors (Lipinski definition) is 6. The maximum Gasteiger partial charge on any atom is 0.249 e. The van der Waals surface area contributed by atoms with Crippen molar-refractivity contribution in [2.75, 3.05) is 25.2 Å². The van der Waals surface area contributed by atoms with Crippen LogP contribution in [0, 0.1) is 12.8 Å². The molecular formula is C31H37N5O4. The van der Waals surface area contributed by atoms with E-state index in [9.17, 15) is 9.59 Å². The van der Waals surface area contributed by atoms with Crippen LogP contribution in [0.5, 0.6) is 11.5 Å². The highest BCUT2D eigenvalue weighted by molar-refractivity contribution is 6.02. The van der Waals surface area contributed by atoms with Crippen LogP contribution in [0.25, 0.3) is 11.0 Å². The molecular weight excluding hydrogens is 506 g/mol. The van der Waals surface area contributed by atoms with Gasteiger partial charge in [0.25, 0.3) is 0 Å². The molecule has 9 heteroatoms. The molecule has 40 heavy (non-hydrogen) atoms. The zero-order chi connectivity index (χ0) is 28.6. The van der Waals surface area contributed by atoms with E-state index in [1.165, 1.54) is 0 Å². The molecule has 0 spiro atoms. The number of carbonyl (C=O) groups is 2. The van der Waals surface area contributed by atoms with Gasteiger partial charge in [0.2, 0.25) is 11.8 Å². The van der Waals surface area contributed by atoms with Crippen molar-refractivity contribution in [3.05, 3.63) is 77.9 Å². The SMILES string of the molecule is CCOc1ccc([C@H](C(=O)NCCC(C)C)N(C(=O)Cn2nnc3ccccc32)c2ccccc2C)cc1OC. The number of amides is 2. The van der Waals surface area contributed by atoms with Crippen molar-refractivity contribution < 1.29 is 19.1 Å². The van der Waals surface area contributed by atoms with Crippen LogP contribution in [0.3, 0.4) is 0 Å². The Kier molecular flexibility index (Phi) is 9.37. The number of aromatic nitrogens is 3. The first-order valence-electron chi connectivity index (χ1n) is 13.6. The Labute approximate surface area is 235 Å². The van der Waals surface area contributed by atoms with E-state index in [0.29, 0.717) is 47.3 Å². The summed E-state index contributed by atoms with van der Waals surface area (Å²) < 4.78 is 12.9. The highest BCUT2D eigenvalue weighted by Gasteiger charge is 2.34. The van der Waals surface area contributed by atoms with Crippen LogP contribution in [0.1, 0.15) is 44.4 Å². The smallest absolute Gasteiger partial charge is 0.249 e. The first kappa shape index (κ1) is 28.6. The lowest BCUT2D eigenvalue weighted by Crippen LogP contribution is -2.46. The van der Waals surface area contributed by atoms with Crippen LogP contribution in [-0.4, -0.2) is 47.1 Å². The predicted octanol–water partition coefficient (Wildman–Crippen LogP) is 5.08. The molecule has 4 aromatic rings. The standard InChI is InChI=1S/C31H37N5O4/c1-6-40-27-16-15-23(19-28(27)39-5)30(31(38)32-18-17-21(2)3)36(25-13-9-7-11-22(25)4)29(37)20-35-26-14-10-8-12-24(26)33-34-35/h7-16,19,21,30H,6,17-18,20H2,1-5H3,(H,32,38)/t30-/m1/s1. The van der Waals surface area contributed by atoms with E-state index >= 15 is 0 Å². The molecule has 0 unspecified atom stereocenters. The third-order valence-electron chi connectivity index (χ3n) is 6.68. The molecule has 1 heterocycles. The number of nitrogens with zero attached hydrogens (tertiary/aromatic N) is 4. The second kappa shape index (κ2) is 13.1. The maximum atomic E-state index is 14.2. The van der Waals surface area contributed by atoms with Gasteiger partial charge in [-0.05, 0) is 67.6 Å². The van der Waals surface area contributed by atoms with Gasteiger partial charge < -0.3 is 14.8 Å². The lowest BCUT2D eigenvalue weighted by Gasteiger charge is -2.33. The normalized spacial score (nSPS) is 11.8. The predicted molar refractivity (Wildman–Crippen MR) is 156 cm³/mol. The van der Waals surface area contributed by atoms with E-state index in [4.69, 9.17) is 9.47 Å². The van der Waals surface area contributed by atoms with Gasteiger partial charge in [-0.1, -0.05) is 55.5 Å². The molecule has 1 N–H and O–H groups in total. The number of fused-ring (bicyclic) bond motifs is 1. The van der Waals surface area contributed by atoms with Gasteiger partial charge >= 0.3 is 0 Å². The van der Waals surface area contributed by atoms with E-state index in [2.05, 4.69) is 29.5 Å². The number of benzene rings is 3. The molecule has 4 rings (SSSR count). The molecule has 0 saturated carbocycles. The Balaban J connectivity index is 1.82. The van der Waals surface area contributed by atoms with E-state index in [1.54, 1.807) is 28.8 Å². The largest absolute Gasteiger partial charge is 0.493 e. The summed E-state index contributed by atoms with van der Waals surface area (Å²) in [5.41, 5.74) is 3.52. The number of anilines is 1. The van der Waals surface area contributed by atoms with E-state index in [-0.39, 0.29) is 18.4 Å². The number of ether oxygens (including phenoxy) is 2. The fourth-order valence-corrected chi connectivity index (χ4v) is 4.62.